The maximum absolute atomic E-state index is 13.1. The third kappa shape index (κ3) is 1.43. The van der Waals surface area contributed by atoms with E-state index < -0.39 is 5.72 Å². The molecule has 2 bridgehead atoms. The molecule has 0 radical (unpaired) electrons. The van der Waals surface area contributed by atoms with E-state index in [-0.39, 0.29) is 5.92 Å². The molecule has 1 amide bonds. The summed E-state index contributed by atoms with van der Waals surface area (Å²) < 4.78 is 6.46. The highest BCUT2D eigenvalue weighted by Crippen LogP contribution is 2.64. The van der Waals surface area contributed by atoms with Crippen molar-refractivity contribution in [2.75, 3.05) is 13.2 Å². The van der Waals surface area contributed by atoms with Gasteiger partial charge in [-0.05, 0) is 44.4 Å². The van der Waals surface area contributed by atoms with Crippen LogP contribution in [0.4, 0.5) is 0 Å². The fraction of sp³-hybridized carbons (Fsp3) is 0.632. The fourth-order valence-electron chi connectivity index (χ4n) is 5.86. The predicted molar refractivity (Wildman–Crippen MR) is 83.0 cm³/mol. The van der Waals surface area contributed by atoms with Crippen molar-refractivity contribution in [3.05, 3.63) is 35.4 Å². The van der Waals surface area contributed by atoms with Gasteiger partial charge in [0, 0.05) is 23.9 Å². The minimum atomic E-state index is -0.465. The van der Waals surface area contributed by atoms with Gasteiger partial charge in [0.2, 0.25) is 5.91 Å². The Morgan fingerprint density at radius 1 is 1.18 bits per heavy atom. The minimum Gasteiger partial charge on any atom is -0.351 e. The van der Waals surface area contributed by atoms with E-state index in [1.807, 2.05) is 0 Å². The van der Waals surface area contributed by atoms with E-state index in [1.165, 1.54) is 30.4 Å². The number of hydrogen-bond acceptors (Lipinski definition) is 2. The van der Waals surface area contributed by atoms with Crippen molar-refractivity contribution in [3.8, 4) is 0 Å². The number of benzene rings is 1. The van der Waals surface area contributed by atoms with E-state index in [2.05, 4.69) is 36.1 Å². The summed E-state index contributed by atoms with van der Waals surface area (Å²) in [6.45, 7) is 3.75. The number of hydrogen-bond donors (Lipinski definition) is 0. The van der Waals surface area contributed by atoms with Gasteiger partial charge in [-0.1, -0.05) is 29.8 Å². The largest absolute Gasteiger partial charge is 0.351 e. The van der Waals surface area contributed by atoms with E-state index in [0.29, 0.717) is 23.7 Å². The van der Waals surface area contributed by atoms with Gasteiger partial charge >= 0.3 is 0 Å². The molecule has 3 heteroatoms. The lowest BCUT2D eigenvalue weighted by Crippen LogP contribution is -2.53. The van der Waals surface area contributed by atoms with Crippen LogP contribution in [0.5, 0.6) is 0 Å². The normalized spacial score (nSPS) is 42.6. The van der Waals surface area contributed by atoms with E-state index in [4.69, 9.17) is 4.74 Å². The molecule has 1 aromatic rings. The average Bonchev–Trinajstić information content (AvgIpc) is 3.21. The summed E-state index contributed by atoms with van der Waals surface area (Å²) in [6, 6.07) is 8.70. The highest BCUT2D eigenvalue weighted by atomic mass is 16.5. The molecule has 2 saturated carbocycles. The summed E-state index contributed by atoms with van der Waals surface area (Å²) in [7, 11) is 0. The summed E-state index contributed by atoms with van der Waals surface area (Å²) in [5.41, 5.74) is 2.00. The van der Waals surface area contributed by atoms with Crippen LogP contribution in [0, 0.1) is 30.6 Å². The standard InChI is InChI=1S/C19H23NO2/c1-12-3-7-15(8-4-12)19-17-14-6-5-13(11-14)16(17)18(21)20(19)9-2-10-22-19/h3-4,7-8,13-14,16-17H,2,5-6,9-11H2,1H3/t13-,14+,16+,17-,19+/m0/s1. The summed E-state index contributed by atoms with van der Waals surface area (Å²) >= 11 is 0. The van der Waals surface area contributed by atoms with E-state index in [0.717, 1.165) is 19.6 Å². The Morgan fingerprint density at radius 3 is 2.77 bits per heavy atom. The number of carbonyl (C=O) groups is 1. The molecule has 0 unspecified atom stereocenters. The Bertz CT molecular complexity index is 625. The lowest BCUT2D eigenvalue weighted by Gasteiger charge is -2.47. The second-order valence-corrected chi connectivity index (χ2v) is 7.64. The predicted octanol–water partition coefficient (Wildman–Crippen LogP) is 3.07. The molecule has 0 spiro atoms. The summed E-state index contributed by atoms with van der Waals surface area (Å²) in [6.07, 6.45) is 4.74. The smallest absolute Gasteiger partial charge is 0.228 e. The Morgan fingerprint density at radius 2 is 1.95 bits per heavy atom. The summed E-state index contributed by atoms with van der Waals surface area (Å²) in [5, 5.41) is 0. The topological polar surface area (TPSA) is 29.5 Å². The molecule has 0 N–H and O–H groups in total. The molecule has 116 valence electrons. The maximum atomic E-state index is 13.1. The lowest BCUT2D eigenvalue weighted by molar-refractivity contribution is -0.206. The van der Waals surface area contributed by atoms with Crippen LogP contribution in [-0.2, 0) is 15.3 Å². The lowest BCUT2D eigenvalue weighted by atomic mass is 9.74. The number of rotatable bonds is 1. The average molecular weight is 297 g/mol. The van der Waals surface area contributed by atoms with Crippen molar-refractivity contribution in [3.63, 3.8) is 0 Å². The molecule has 0 aromatic heterocycles. The molecular formula is C19H23NO2. The van der Waals surface area contributed by atoms with Gasteiger partial charge in [0.1, 0.15) is 0 Å². The molecule has 3 nitrogen and oxygen atoms in total. The van der Waals surface area contributed by atoms with Gasteiger partial charge in [-0.2, -0.15) is 0 Å². The number of nitrogens with zero attached hydrogens (tertiary/aromatic N) is 1. The Kier molecular flexibility index (Phi) is 2.59. The van der Waals surface area contributed by atoms with Crippen molar-refractivity contribution in [1.29, 1.82) is 0 Å². The first kappa shape index (κ1) is 13.1. The second-order valence-electron chi connectivity index (χ2n) is 7.64. The molecule has 5 atom stereocenters. The highest BCUT2D eigenvalue weighted by Gasteiger charge is 2.69. The fourth-order valence-corrected chi connectivity index (χ4v) is 5.86. The highest BCUT2D eigenvalue weighted by molar-refractivity contribution is 5.84. The van der Waals surface area contributed by atoms with Crippen molar-refractivity contribution >= 4 is 5.91 Å². The number of aryl methyl sites for hydroxylation is 1. The monoisotopic (exact) mass is 297 g/mol. The summed E-state index contributed by atoms with van der Waals surface area (Å²) in [4.78, 5) is 15.2. The third-order valence-corrected chi connectivity index (χ3v) is 6.63. The first-order valence-corrected chi connectivity index (χ1v) is 8.74. The number of amides is 1. The first-order chi connectivity index (χ1) is 10.7. The zero-order chi connectivity index (χ0) is 14.9. The van der Waals surface area contributed by atoms with Crippen LogP contribution in [-0.4, -0.2) is 24.0 Å². The van der Waals surface area contributed by atoms with Crippen molar-refractivity contribution < 1.29 is 9.53 Å². The molecule has 22 heavy (non-hydrogen) atoms. The van der Waals surface area contributed by atoms with Gasteiger partial charge in [-0.25, -0.2) is 0 Å². The molecule has 5 rings (SSSR count). The number of fused-ring (bicyclic) bond motifs is 7. The Balaban J connectivity index is 1.69. The Hall–Kier alpha value is -1.35. The van der Waals surface area contributed by atoms with Crippen LogP contribution in [0.1, 0.15) is 36.8 Å². The van der Waals surface area contributed by atoms with Gasteiger partial charge < -0.3 is 9.64 Å². The SMILES string of the molecule is Cc1ccc([C@]23OCCCN2C(=O)[C@@H]2[C@H]4CC[C@H](C4)[C@@H]23)cc1. The van der Waals surface area contributed by atoms with Gasteiger partial charge in [-0.15, -0.1) is 0 Å². The minimum absolute atomic E-state index is 0.221. The zero-order valence-corrected chi connectivity index (χ0v) is 13.1. The van der Waals surface area contributed by atoms with Gasteiger partial charge in [0.15, 0.2) is 5.72 Å². The van der Waals surface area contributed by atoms with Crippen LogP contribution < -0.4 is 0 Å². The molecule has 4 aliphatic rings. The van der Waals surface area contributed by atoms with Crippen molar-refractivity contribution in [2.24, 2.45) is 23.7 Å². The van der Waals surface area contributed by atoms with Crippen molar-refractivity contribution in [1.82, 2.24) is 4.90 Å². The van der Waals surface area contributed by atoms with Gasteiger partial charge in [-0.3, -0.25) is 4.79 Å². The van der Waals surface area contributed by atoms with Crippen LogP contribution in [0.2, 0.25) is 0 Å². The molecule has 4 fully saturated rings. The van der Waals surface area contributed by atoms with E-state index in [9.17, 15) is 4.79 Å². The van der Waals surface area contributed by atoms with Gasteiger partial charge in [0.05, 0.1) is 6.61 Å². The maximum Gasteiger partial charge on any atom is 0.228 e. The van der Waals surface area contributed by atoms with Crippen LogP contribution in [0.3, 0.4) is 0 Å². The quantitative estimate of drug-likeness (QED) is 0.797. The first-order valence-electron chi connectivity index (χ1n) is 8.74. The van der Waals surface area contributed by atoms with E-state index >= 15 is 0 Å². The molecule has 2 saturated heterocycles. The summed E-state index contributed by atoms with van der Waals surface area (Å²) in [5.74, 6) is 2.25. The van der Waals surface area contributed by atoms with Crippen LogP contribution >= 0.6 is 0 Å². The zero-order valence-electron chi connectivity index (χ0n) is 13.1. The Labute approximate surface area is 131 Å². The number of carbonyl (C=O) groups excluding carboxylic acids is 1. The van der Waals surface area contributed by atoms with E-state index in [1.54, 1.807) is 0 Å². The number of ether oxygens (including phenoxy) is 1. The third-order valence-electron chi connectivity index (χ3n) is 6.63. The molecular weight excluding hydrogens is 274 g/mol. The second kappa shape index (κ2) is 4.35. The van der Waals surface area contributed by atoms with Crippen LogP contribution in [0.15, 0.2) is 24.3 Å². The molecule has 2 heterocycles. The molecule has 2 aliphatic carbocycles. The molecule has 1 aromatic carbocycles. The van der Waals surface area contributed by atoms with Gasteiger partial charge in [0.25, 0.3) is 0 Å². The molecule has 2 aliphatic heterocycles. The van der Waals surface area contributed by atoms with Crippen molar-refractivity contribution in [2.45, 2.75) is 38.3 Å². The van der Waals surface area contributed by atoms with Crippen LogP contribution in [0.25, 0.3) is 0 Å².